The van der Waals surface area contributed by atoms with Gasteiger partial charge in [-0.1, -0.05) is 0 Å². The maximum Gasteiger partial charge on any atom is 0.171 e. The normalized spacial score (nSPS) is 5.30. The Morgan fingerprint density at radius 3 is 2.00 bits per heavy atom. The third-order valence-electron chi connectivity index (χ3n) is 0.360. The standard InChI is InChI=1S/C4H4O3.2CH3.Mn/c1-2-4(6)7-3-5;;;/h1-2H2;2*1H3;/q-2;2*-1;. The van der Waals surface area contributed by atoms with Gasteiger partial charge in [0.1, 0.15) is 5.97 Å². The Morgan fingerprint density at radius 2 is 1.90 bits per heavy atom. The monoisotopic (exact) mass is 185 g/mol. The van der Waals surface area contributed by atoms with E-state index in [2.05, 4.69) is 11.7 Å². The van der Waals surface area contributed by atoms with E-state index in [1.165, 1.54) is 0 Å². The summed E-state index contributed by atoms with van der Waals surface area (Å²) in [4.78, 5) is 19.0. The molecule has 0 atom stereocenters. The van der Waals surface area contributed by atoms with E-state index in [0.29, 0.717) is 0 Å². The largest absolute Gasteiger partial charge is 0.586 e. The Balaban J connectivity index is -0.0000000600. The third-order valence-corrected chi connectivity index (χ3v) is 0.360. The fraction of sp³-hybridized carbons (Fsp3) is 0.167. The van der Waals surface area contributed by atoms with E-state index in [1.54, 1.807) is 0 Å². The van der Waals surface area contributed by atoms with E-state index >= 15 is 0 Å². The first-order chi connectivity index (χ1) is 3.31. The SMILES string of the molecule is [CH2-]CC(=O)O[C-]=O.[CH3-].[CH3-].[Mn]. The van der Waals surface area contributed by atoms with Crippen LogP contribution in [0.15, 0.2) is 0 Å². The van der Waals surface area contributed by atoms with Crippen LogP contribution in [0.1, 0.15) is 6.42 Å². The molecule has 0 aliphatic carbocycles. The molecule has 0 amide bonds. The van der Waals surface area contributed by atoms with Crippen molar-refractivity contribution in [1.29, 1.82) is 0 Å². The number of rotatable bonds is 2. The van der Waals surface area contributed by atoms with E-state index < -0.39 is 5.97 Å². The molecule has 63 valence electrons. The first kappa shape index (κ1) is 22.6. The van der Waals surface area contributed by atoms with Gasteiger partial charge in [-0.2, -0.15) is 6.42 Å². The van der Waals surface area contributed by atoms with Gasteiger partial charge in [0.15, 0.2) is 6.47 Å². The summed E-state index contributed by atoms with van der Waals surface area (Å²) < 4.78 is 3.68. The summed E-state index contributed by atoms with van der Waals surface area (Å²) in [7, 11) is 0. The molecule has 0 N–H and O–H groups in total. The van der Waals surface area contributed by atoms with E-state index in [-0.39, 0.29) is 38.3 Å². The molecule has 3 nitrogen and oxygen atoms in total. The van der Waals surface area contributed by atoms with Gasteiger partial charge in [-0.25, -0.2) is 0 Å². The quantitative estimate of drug-likeness (QED) is 0.275. The number of carbonyl (C=O) groups excluding carboxylic acids is 2. The van der Waals surface area contributed by atoms with Gasteiger partial charge < -0.3 is 36.1 Å². The van der Waals surface area contributed by atoms with Crippen LogP contribution in [0, 0.1) is 21.8 Å². The Kier molecular flexibility index (Phi) is 35.9. The van der Waals surface area contributed by atoms with Crippen LogP contribution in [0.5, 0.6) is 0 Å². The minimum atomic E-state index is -0.657. The Hall–Kier alpha value is -0.341. The average molecular weight is 185 g/mol. The number of carbonyl (C=O) groups is 1. The maximum atomic E-state index is 9.86. The molecule has 0 aliphatic heterocycles. The second-order valence-electron chi connectivity index (χ2n) is 0.807. The van der Waals surface area contributed by atoms with Gasteiger partial charge in [0, 0.05) is 17.1 Å². The molecule has 0 rings (SSSR count). The van der Waals surface area contributed by atoms with E-state index in [0.717, 1.165) is 6.47 Å². The van der Waals surface area contributed by atoms with Gasteiger partial charge in [0.25, 0.3) is 0 Å². The van der Waals surface area contributed by atoms with Gasteiger partial charge in [-0.3, -0.25) is 0 Å². The van der Waals surface area contributed by atoms with Crippen LogP contribution in [0.4, 0.5) is 0 Å². The van der Waals surface area contributed by atoms with Gasteiger partial charge >= 0.3 is 0 Å². The summed E-state index contributed by atoms with van der Waals surface area (Å²) in [5.41, 5.74) is 0. The van der Waals surface area contributed by atoms with Crippen molar-refractivity contribution in [2.45, 2.75) is 6.42 Å². The topological polar surface area (TPSA) is 43.4 Å². The van der Waals surface area contributed by atoms with Crippen LogP contribution in [0.3, 0.4) is 0 Å². The van der Waals surface area contributed by atoms with Crippen LogP contribution >= 0.6 is 0 Å². The van der Waals surface area contributed by atoms with Crippen molar-refractivity contribution < 1.29 is 31.4 Å². The van der Waals surface area contributed by atoms with Crippen molar-refractivity contribution in [3.8, 4) is 0 Å². The molecule has 10 heavy (non-hydrogen) atoms. The van der Waals surface area contributed by atoms with Crippen LogP contribution in [-0.4, -0.2) is 12.4 Å². The first-order valence-electron chi connectivity index (χ1n) is 1.67. The molecule has 0 fully saturated rings. The second kappa shape index (κ2) is 15.9. The molecule has 4 heteroatoms. The third kappa shape index (κ3) is 15.6. The van der Waals surface area contributed by atoms with Gasteiger partial charge in [0.2, 0.25) is 0 Å². The van der Waals surface area contributed by atoms with Gasteiger partial charge in [-0.15, -0.1) is 0 Å². The first-order valence-corrected chi connectivity index (χ1v) is 1.67. The minimum absolute atomic E-state index is 0. The summed E-state index contributed by atoms with van der Waals surface area (Å²) in [5.74, 6) is -0.657. The molecule has 0 aromatic carbocycles. The molecule has 0 unspecified atom stereocenters. The van der Waals surface area contributed by atoms with Crippen molar-refractivity contribution in [2.75, 3.05) is 0 Å². The summed E-state index contributed by atoms with van der Waals surface area (Å²) >= 11 is 0. The van der Waals surface area contributed by atoms with Crippen LogP contribution in [0.2, 0.25) is 0 Å². The summed E-state index contributed by atoms with van der Waals surface area (Å²) in [5, 5.41) is 0. The molecule has 0 spiro atoms. The number of ether oxygens (including phenoxy) is 1. The second-order valence-corrected chi connectivity index (χ2v) is 0.807. The molecule has 0 saturated carbocycles. The van der Waals surface area contributed by atoms with Gasteiger partial charge in [-0.05, 0) is 0 Å². The van der Waals surface area contributed by atoms with Crippen molar-refractivity contribution in [3.05, 3.63) is 21.8 Å². The Labute approximate surface area is 72.6 Å². The number of hydrogen-bond acceptors (Lipinski definition) is 3. The molecule has 1 radical (unpaired) electrons. The maximum absolute atomic E-state index is 9.86. The molecule has 0 heterocycles. The zero-order valence-corrected chi connectivity index (χ0v) is 7.20. The molecule has 0 saturated heterocycles. The van der Waals surface area contributed by atoms with Gasteiger partial charge in [0.05, 0.1) is 0 Å². The molecule has 0 aliphatic rings. The fourth-order valence-corrected chi connectivity index (χ4v) is 0.0975. The van der Waals surface area contributed by atoms with Crippen molar-refractivity contribution >= 4 is 12.4 Å². The number of hydrogen-bond donors (Lipinski definition) is 0. The smallest absolute Gasteiger partial charge is 0.171 e. The summed E-state index contributed by atoms with van der Waals surface area (Å²) in [6, 6.07) is 0. The molecular weight excluding hydrogens is 175 g/mol. The fourth-order valence-electron chi connectivity index (χ4n) is 0.0975. The summed E-state index contributed by atoms with van der Waals surface area (Å²) in [6.07, 6.45) is -0.0325. The van der Waals surface area contributed by atoms with Crippen molar-refractivity contribution in [3.63, 3.8) is 0 Å². The minimum Gasteiger partial charge on any atom is -0.586 e. The van der Waals surface area contributed by atoms with Crippen LogP contribution < -0.4 is 0 Å². The molecule has 0 aromatic heterocycles. The Bertz CT molecular complexity index is 83.1. The Morgan fingerprint density at radius 1 is 1.50 bits per heavy atom. The predicted molar refractivity (Wildman–Crippen MR) is 34.6 cm³/mol. The van der Waals surface area contributed by atoms with E-state index in [9.17, 15) is 9.59 Å². The average Bonchev–Trinajstić information content (AvgIpc) is 1.68. The van der Waals surface area contributed by atoms with E-state index in [1.807, 2.05) is 0 Å². The van der Waals surface area contributed by atoms with Crippen LogP contribution in [-0.2, 0) is 31.4 Å². The molecule has 0 bridgehead atoms. The summed E-state index contributed by atoms with van der Waals surface area (Å²) in [6.45, 7) is 4.13. The molecule has 0 aromatic rings. The zero-order valence-electron chi connectivity index (χ0n) is 6.02. The van der Waals surface area contributed by atoms with Crippen molar-refractivity contribution in [1.82, 2.24) is 0 Å². The van der Waals surface area contributed by atoms with Crippen molar-refractivity contribution in [2.24, 2.45) is 0 Å². The van der Waals surface area contributed by atoms with E-state index in [4.69, 9.17) is 0 Å². The zero-order chi connectivity index (χ0) is 5.70. The predicted octanol–water partition coefficient (Wildman–Crippen LogP) is 0.719. The molecular formula is C6H10MnO3-4. The number of esters is 1. The van der Waals surface area contributed by atoms with Crippen LogP contribution in [0.25, 0.3) is 0 Å².